The van der Waals surface area contributed by atoms with Crippen molar-refractivity contribution in [2.24, 2.45) is 5.92 Å². The van der Waals surface area contributed by atoms with Gasteiger partial charge in [0.25, 0.3) is 5.91 Å². The number of carbonyl (C=O) groups excluding carboxylic acids is 1. The molecule has 4 N–H and O–H groups in total. The van der Waals surface area contributed by atoms with Crippen LogP contribution in [0.1, 0.15) is 28.8 Å². The highest BCUT2D eigenvalue weighted by molar-refractivity contribution is 6.30. The van der Waals surface area contributed by atoms with E-state index in [1.54, 1.807) is 18.2 Å². The Bertz CT molecular complexity index is 1150. The second-order valence-corrected chi connectivity index (χ2v) is 8.42. The van der Waals surface area contributed by atoms with Crippen molar-refractivity contribution in [3.05, 3.63) is 52.6 Å². The van der Waals surface area contributed by atoms with Gasteiger partial charge in [0, 0.05) is 10.7 Å². The van der Waals surface area contributed by atoms with Gasteiger partial charge in [-0.25, -0.2) is 14.9 Å². The molecule has 170 valence electrons. The van der Waals surface area contributed by atoms with Crippen LogP contribution in [0.5, 0.6) is 0 Å². The highest BCUT2D eigenvalue weighted by atomic mass is 35.5. The summed E-state index contributed by atoms with van der Waals surface area (Å²) in [6.45, 7) is 1.75. The van der Waals surface area contributed by atoms with Gasteiger partial charge in [0.1, 0.15) is 5.52 Å². The maximum atomic E-state index is 15.6. The number of carbonyl (C=O) groups is 1. The lowest BCUT2D eigenvalue weighted by molar-refractivity contribution is 0.0271. The predicted molar refractivity (Wildman–Crippen MR) is 118 cm³/mol. The number of rotatable bonds is 9. The van der Waals surface area contributed by atoms with Crippen LogP contribution in [0.3, 0.4) is 0 Å². The Kier molecular flexibility index (Phi) is 6.61. The lowest BCUT2D eigenvalue weighted by Gasteiger charge is -2.16. The minimum atomic E-state index is -1.05. The molecule has 8 nitrogen and oxygen atoms in total. The van der Waals surface area contributed by atoms with Gasteiger partial charge in [-0.3, -0.25) is 9.63 Å². The third kappa shape index (κ3) is 4.86. The van der Waals surface area contributed by atoms with Crippen molar-refractivity contribution in [2.75, 3.05) is 18.5 Å². The molecule has 1 aliphatic carbocycles. The molecule has 3 aromatic rings. The van der Waals surface area contributed by atoms with Crippen molar-refractivity contribution in [3.63, 3.8) is 0 Å². The van der Waals surface area contributed by atoms with Crippen LogP contribution in [-0.4, -0.2) is 45.0 Å². The van der Waals surface area contributed by atoms with Crippen LogP contribution in [0.2, 0.25) is 5.02 Å². The zero-order valence-corrected chi connectivity index (χ0v) is 18.2. The molecule has 0 bridgehead atoms. The van der Waals surface area contributed by atoms with Crippen LogP contribution in [0.15, 0.2) is 30.6 Å². The third-order valence-corrected chi connectivity index (χ3v) is 5.58. The number of aryl methyl sites for hydroxylation is 1. The predicted octanol–water partition coefficient (Wildman–Crippen LogP) is 3.31. The van der Waals surface area contributed by atoms with Crippen molar-refractivity contribution in [1.29, 1.82) is 0 Å². The molecular formula is C22H24ClFN4O4. The van der Waals surface area contributed by atoms with Crippen LogP contribution in [-0.2, 0) is 11.4 Å². The van der Waals surface area contributed by atoms with E-state index in [-0.39, 0.29) is 23.3 Å². The average molecular weight is 463 g/mol. The van der Waals surface area contributed by atoms with E-state index in [1.807, 2.05) is 6.92 Å². The number of halogens is 2. The summed E-state index contributed by atoms with van der Waals surface area (Å²) in [5.74, 6) is -0.900. The van der Waals surface area contributed by atoms with Crippen LogP contribution >= 0.6 is 11.6 Å². The number of aromatic nitrogens is 2. The van der Waals surface area contributed by atoms with E-state index in [0.29, 0.717) is 28.8 Å². The second-order valence-electron chi connectivity index (χ2n) is 7.98. The standard InChI is InChI=1S/C22H24ClFN4O4/c1-12-6-14(23)4-5-17(12)26-20-16(22(31)27-32-10-13-2-3-13)7-18-21(19(20)24)25-11-28(18)8-15(30)9-29/h4-7,11,13,15,26,29-30H,2-3,8-10H2,1H3,(H,27,31). The molecule has 0 radical (unpaired) electrons. The molecule has 0 aliphatic heterocycles. The summed E-state index contributed by atoms with van der Waals surface area (Å²) in [6, 6.07) is 6.57. The Morgan fingerprint density at radius 3 is 2.88 bits per heavy atom. The summed E-state index contributed by atoms with van der Waals surface area (Å²) >= 11 is 6.02. The van der Waals surface area contributed by atoms with Gasteiger partial charge in [-0.2, -0.15) is 0 Å². The van der Waals surface area contributed by atoms with Crippen molar-refractivity contribution in [1.82, 2.24) is 15.0 Å². The molecule has 1 amide bonds. The minimum absolute atomic E-state index is 0.00521. The fourth-order valence-corrected chi connectivity index (χ4v) is 3.58. The van der Waals surface area contributed by atoms with E-state index in [4.69, 9.17) is 21.5 Å². The van der Waals surface area contributed by atoms with Crippen molar-refractivity contribution >= 4 is 39.9 Å². The first-order valence-electron chi connectivity index (χ1n) is 10.3. The maximum absolute atomic E-state index is 15.6. The Balaban J connectivity index is 1.74. The number of imidazole rings is 1. The molecule has 4 rings (SSSR count). The Morgan fingerprint density at radius 1 is 1.41 bits per heavy atom. The van der Waals surface area contributed by atoms with Gasteiger partial charge in [0.15, 0.2) is 5.82 Å². The summed E-state index contributed by atoms with van der Waals surface area (Å²) in [6.07, 6.45) is 2.43. The van der Waals surface area contributed by atoms with Crippen LogP contribution < -0.4 is 10.8 Å². The third-order valence-electron chi connectivity index (χ3n) is 5.35. The minimum Gasteiger partial charge on any atom is -0.394 e. The molecule has 0 saturated heterocycles. The Labute approximate surface area is 188 Å². The van der Waals surface area contributed by atoms with Gasteiger partial charge in [-0.1, -0.05) is 11.6 Å². The molecule has 1 saturated carbocycles. The van der Waals surface area contributed by atoms with E-state index in [0.717, 1.165) is 18.4 Å². The highest BCUT2D eigenvalue weighted by Crippen LogP contribution is 2.33. The molecule has 32 heavy (non-hydrogen) atoms. The normalized spacial score (nSPS) is 14.5. The number of fused-ring (bicyclic) bond motifs is 1. The topological polar surface area (TPSA) is 109 Å². The van der Waals surface area contributed by atoms with E-state index < -0.39 is 24.4 Å². The van der Waals surface area contributed by atoms with Crippen LogP contribution in [0.25, 0.3) is 11.0 Å². The number of amides is 1. The van der Waals surface area contributed by atoms with Gasteiger partial charge in [-0.15, -0.1) is 0 Å². The molecule has 1 aliphatic rings. The zero-order valence-electron chi connectivity index (χ0n) is 17.4. The van der Waals surface area contributed by atoms with Crippen LogP contribution in [0.4, 0.5) is 15.8 Å². The molecule has 1 atom stereocenters. The Hall–Kier alpha value is -2.72. The first-order chi connectivity index (χ1) is 15.4. The van der Waals surface area contributed by atoms with Crippen molar-refractivity contribution in [3.8, 4) is 0 Å². The molecular weight excluding hydrogens is 439 g/mol. The number of anilines is 2. The quantitative estimate of drug-likeness (QED) is 0.363. The maximum Gasteiger partial charge on any atom is 0.277 e. The highest BCUT2D eigenvalue weighted by Gasteiger charge is 2.25. The van der Waals surface area contributed by atoms with Crippen LogP contribution in [0, 0.1) is 18.7 Å². The summed E-state index contributed by atoms with van der Waals surface area (Å²) < 4.78 is 17.1. The van der Waals surface area contributed by atoms with Gasteiger partial charge in [0.2, 0.25) is 0 Å². The fourth-order valence-electron chi connectivity index (χ4n) is 3.36. The summed E-state index contributed by atoms with van der Waals surface area (Å²) in [5.41, 5.74) is 4.03. The largest absolute Gasteiger partial charge is 0.394 e. The smallest absolute Gasteiger partial charge is 0.277 e. The lowest BCUT2D eigenvalue weighted by Crippen LogP contribution is -2.26. The molecule has 1 aromatic heterocycles. The fraction of sp³-hybridized carbons (Fsp3) is 0.364. The number of aliphatic hydroxyl groups is 2. The van der Waals surface area contributed by atoms with Gasteiger partial charge >= 0.3 is 0 Å². The molecule has 10 heteroatoms. The first kappa shape index (κ1) is 22.5. The van der Waals surface area contributed by atoms with E-state index in [9.17, 15) is 9.90 Å². The molecule has 2 aromatic carbocycles. The molecule has 1 fully saturated rings. The first-order valence-corrected chi connectivity index (χ1v) is 10.7. The van der Waals surface area contributed by atoms with Crippen molar-refractivity contribution in [2.45, 2.75) is 32.4 Å². The van der Waals surface area contributed by atoms with E-state index in [2.05, 4.69) is 15.8 Å². The monoisotopic (exact) mass is 462 g/mol. The van der Waals surface area contributed by atoms with Crippen molar-refractivity contribution < 1.29 is 24.2 Å². The zero-order chi connectivity index (χ0) is 22.8. The van der Waals surface area contributed by atoms with Gasteiger partial charge in [0.05, 0.1) is 49.0 Å². The molecule has 1 unspecified atom stereocenters. The number of nitrogens with one attached hydrogen (secondary N) is 2. The number of nitrogens with zero attached hydrogens (tertiary/aromatic N) is 2. The Morgan fingerprint density at radius 2 is 2.19 bits per heavy atom. The summed E-state index contributed by atoms with van der Waals surface area (Å²) in [5, 5.41) is 22.5. The SMILES string of the molecule is Cc1cc(Cl)ccc1Nc1c(C(=O)NOCC2CC2)cc2c(ncn2CC(O)CO)c1F. The average Bonchev–Trinajstić information content (AvgIpc) is 3.50. The van der Waals surface area contributed by atoms with E-state index >= 15 is 4.39 Å². The second kappa shape index (κ2) is 9.41. The molecule has 0 spiro atoms. The number of hydrogen-bond acceptors (Lipinski definition) is 6. The molecule has 1 heterocycles. The summed E-state index contributed by atoms with van der Waals surface area (Å²) in [7, 11) is 0. The number of hydrogen-bond donors (Lipinski definition) is 4. The lowest BCUT2D eigenvalue weighted by atomic mass is 10.1. The van der Waals surface area contributed by atoms with Gasteiger partial charge in [-0.05, 0) is 55.5 Å². The summed E-state index contributed by atoms with van der Waals surface area (Å²) in [4.78, 5) is 22.3. The number of benzene rings is 2. The van der Waals surface area contributed by atoms with Gasteiger partial charge < -0.3 is 20.1 Å². The number of hydroxylamine groups is 1. The number of aliphatic hydroxyl groups excluding tert-OH is 2. The van der Waals surface area contributed by atoms with E-state index in [1.165, 1.54) is 17.0 Å².